The molecule has 1 aromatic carbocycles. The summed E-state index contributed by atoms with van der Waals surface area (Å²) in [5.41, 5.74) is -0.666. The monoisotopic (exact) mass is 1960 g/mol. The van der Waals surface area contributed by atoms with E-state index < -0.39 is 212 Å². The quantitative estimate of drug-likeness (QED) is 0.0224. The van der Waals surface area contributed by atoms with E-state index in [0.717, 1.165) is 67.9 Å². The molecule has 3 heterocycles. The van der Waals surface area contributed by atoms with Crippen molar-refractivity contribution in [2.75, 3.05) is 178 Å². The average Bonchev–Trinajstić information content (AvgIpc) is 0.793. The van der Waals surface area contributed by atoms with Gasteiger partial charge in [-0.05, 0) is 18.4 Å². The topological polar surface area (TPSA) is 605 Å². The number of nitrogens with one attached hydrogen (secondary N) is 7. The van der Waals surface area contributed by atoms with Gasteiger partial charge in [0.2, 0.25) is 41.4 Å². The Bertz CT molecular complexity index is 3550. The van der Waals surface area contributed by atoms with Crippen molar-refractivity contribution in [1.29, 1.82) is 0 Å². The number of rotatable bonds is 70. The van der Waals surface area contributed by atoms with Crippen LogP contribution < -0.4 is 37.2 Å². The number of hydrogen-bond donors (Lipinski definition) is 7. The highest BCUT2D eigenvalue weighted by molar-refractivity contribution is 5.79. The van der Waals surface area contributed by atoms with Crippen molar-refractivity contribution in [3.05, 3.63) is 35.9 Å². The smallest absolute Gasteiger partial charge is 0.306 e. The van der Waals surface area contributed by atoms with Crippen LogP contribution in [0.5, 0.6) is 0 Å². The third kappa shape index (κ3) is 52.8. The van der Waals surface area contributed by atoms with Gasteiger partial charge in [0.05, 0.1) is 139 Å². The van der Waals surface area contributed by atoms with Gasteiger partial charge in [0.15, 0.2) is 55.5 Å². The molecule has 0 saturated carbocycles. The van der Waals surface area contributed by atoms with Crippen LogP contribution in [0.1, 0.15) is 146 Å². The standard InChI is InChI=1S/C88H137N7O42/c1-55(96)92-76-82(132-64(10)105)79(129-61(7)102)68(49-125-58(4)99)135-85(76)122-45-42-116-39-36-113-33-27-89-71(108)24-30-119-52-88(95-74(111)22-18-13-14-19-23-75(112)128-48-67-20-16-15-17-21-67,53-120-31-25-72(109)90-28-34-114-37-40-117-43-46-123-86-77(93-56(2)97)83(133-65(11)106)80(130-62(8)103)69(136-86)50-126-59(5)100)54-121-32-26-73(110)91-29-35-115-38-41-118-44-47-124-87-78(94-57(3)98)84(134-66(12)107)81(131-63(9)104)70(137-87)51-127-60(6)101/h15-17,20-21,68-70,76-87H,13-14,18-19,22-54H2,1-12H3,(H,89,108)(H,90,109)(H,91,110)(H,92,96)(H,93,97)(H,94,98)(H,95,111). The second-order valence-electron chi connectivity index (χ2n) is 31.3. The van der Waals surface area contributed by atoms with Crippen LogP contribution in [0.3, 0.4) is 0 Å². The minimum Gasteiger partial charge on any atom is -0.463 e. The zero-order valence-corrected chi connectivity index (χ0v) is 79.9. The Kier molecular flexibility index (Phi) is 59.6. The average molecular weight is 1970 g/mol. The Balaban J connectivity index is 1.37. The molecule has 49 nitrogen and oxygen atoms in total. The van der Waals surface area contributed by atoms with Crippen molar-refractivity contribution in [1.82, 2.24) is 37.2 Å². The van der Waals surface area contributed by atoms with E-state index >= 15 is 0 Å². The van der Waals surface area contributed by atoms with Gasteiger partial charge in [0.1, 0.15) is 68.4 Å². The van der Waals surface area contributed by atoms with Crippen LogP contribution in [0.2, 0.25) is 0 Å². The van der Waals surface area contributed by atoms with Crippen LogP contribution in [0.25, 0.3) is 0 Å². The lowest BCUT2D eigenvalue weighted by Gasteiger charge is -2.44. The van der Waals surface area contributed by atoms with Crippen molar-refractivity contribution >= 4 is 101 Å². The fourth-order valence-corrected chi connectivity index (χ4v) is 13.6. The number of benzene rings is 1. The van der Waals surface area contributed by atoms with Gasteiger partial charge in [-0.3, -0.25) is 81.5 Å². The highest BCUT2D eigenvalue weighted by Crippen LogP contribution is 2.32. The minimum atomic E-state index is -1.51. The van der Waals surface area contributed by atoms with Crippen LogP contribution in [-0.4, -0.2) is 377 Å². The van der Waals surface area contributed by atoms with Crippen LogP contribution >= 0.6 is 0 Å². The van der Waals surface area contributed by atoms with Crippen molar-refractivity contribution in [2.45, 2.75) is 245 Å². The van der Waals surface area contributed by atoms with Gasteiger partial charge < -0.3 is 156 Å². The Labute approximate surface area is 794 Å². The lowest BCUT2D eigenvalue weighted by molar-refractivity contribution is -0.279. The summed E-state index contributed by atoms with van der Waals surface area (Å²) in [6.07, 6.45) is -13.7. The molecule has 3 saturated heterocycles. The minimum absolute atomic E-state index is 0.00461. The summed E-state index contributed by atoms with van der Waals surface area (Å²) in [5, 5.41) is 19.1. The molecule has 3 aliphatic rings. The number of amides is 7. The third-order valence-electron chi connectivity index (χ3n) is 19.3. The molecule has 137 heavy (non-hydrogen) atoms. The molecule has 3 aliphatic heterocycles. The number of unbranched alkanes of at least 4 members (excludes halogenated alkanes) is 3. The molecule has 0 aromatic heterocycles. The van der Waals surface area contributed by atoms with Crippen LogP contribution in [0, 0.1) is 0 Å². The first-order valence-corrected chi connectivity index (χ1v) is 45.0. The maximum Gasteiger partial charge on any atom is 0.306 e. The van der Waals surface area contributed by atoms with Crippen molar-refractivity contribution in [2.24, 2.45) is 0 Å². The third-order valence-corrected chi connectivity index (χ3v) is 19.3. The first-order chi connectivity index (χ1) is 65.4. The van der Waals surface area contributed by atoms with E-state index in [9.17, 15) is 81.5 Å². The fraction of sp³-hybridized carbons (Fsp3) is 0.739. The molecule has 15 unspecified atom stereocenters. The molecule has 0 aliphatic carbocycles. The molecule has 15 atom stereocenters. The second-order valence-corrected chi connectivity index (χ2v) is 31.3. The van der Waals surface area contributed by atoms with E-state index in [1.807, 2.05) is 30.3 Å². The number of hydrogen-bond acceptors (Lipinski definition) is 42. The Hall–Kier alpha value is -10.4. The molecule has 1 aromatic rings. The van der Waals surface area contributed by atoms with Crippen molar-refractivity contribution in [3.63, 3.8) is 0 Å². The SMILES string of the molecule is CC(=O)NC1C(OCCOCCOCCNC(=O)CCOCC(COCCC(=O)NCCOCCOCCOC2OC(COC(C)=O)C(OC(C)=O)C(OC(C)=O)C2NC(C)=O)(COCCC(=O)NCCOCCOCCOC2OC(COC(C)=O)C(OC(C)=O)C(OC(C)=O)C2NC(C)=O)NC(=O)CCCCCCC(=O)OCc2ccccc2)OC(COC(C)=O)C(OC(C)=O)C1OC(C)=O. The van der Waals surface area contributed by atoms with Gasteiger partial charge in [-0.2, -0.15) is 0 Å². The summed E-state index contributed by atoms with van der Waals surface area (Å²) >= 11 is 0. The normalized spacial score (nSPS) is 21.5. The first-order valence-electron chi connectivity index (χ1n) is 45.0. The molecule has 776 valence electrons. The van der Waals surface area contributed by atoms with E-state index in [0.29, 0.717) is 25.7 Å². The molecule has 7 N–H and O–H groups in total. The van der Waals surface area contributed by atoms with Gasteiger partial charge >= 0.3 is 59.7 Å². The highest BCUT2D eigenvalue weighted by Gasteiger charge is 2.55. The Morgan fingerprint density at radius 1 is 0.292 bits per heavy atom. The van der Waals surface area contributed by atoms with Crippen molar-refractivity contribution < 1.29 is 200 Å². The molecule has 0 spiro atoms. The molecule has 7 amide bonds. The van der Waals surface area contributed by atoms with E-state index in [2.05, 4.69) is 37.2 Å². The maximum absolute atomic E-state index is 14.1. The molecular weight excluding hydrogens is 1830 g/mol. The summed E-state index contributed by atoms with van der Waals surface area (Å²) in [6, 6.07) is 5.67. The number of carbonyl (C=O) groups is 17. The van der Waals surface area contributed by atoms with Crippen LogP contribution in [0.4, 0.5) is 0 Å². The summed E-state index contributed by atoms with van der Waals surface area (Å²) in [7, 11) is 0. The fourth-order valence-electron chi connectivity index (χ4n) is 13.6. The van der Waals surface area contributed by atoms with E-state index in [4.69, 9.17) is 118 Å². The Morgan fingerprint density at radius 3 is 0.869 bits per heavy atom. The van der Waals surface area contributed by atoms with Crippen LogP contribution in [0.15, 0.2) is 30.3 Å². The highest BCUT2D eigenvalue weighted by atomic mass is 16.7. The molecule has 3 fully saturated rings. The molecule has 4 rings (SSSR count). The maximum atomic E-state index is 14.1. The van der Waals surface area contributed by atoms with Gasteiger partial charge in [-0.25, -0.2) is 0 Å². The van der Waals surface area contributed by atoms with E-state index in [1.54, 1.807) is 0 Å². The van der Waals surface area contributed by atoms with E-state index in [1.165, 1.54) is 20.8 Å². The second kappa shape index (κ2) is 68.6. The molecule has 0 radical (unpaired) electrons. The summed E-state index contributed by atoms with van der Waals surface area (Å²) in [4.78, 5) is 212. The predicted molar refractivity (Wildman–Crippen MR) is 465 cm³/mol. The largest absolute Gasteiger partial charge is 0.463 e. The number of carbonyl (C=O) groups excluding carboxylic acids is 17. The summed E-state index contributed by atoms with van der Waals surface area (Å²) in [6.45, 7) is 11.4. The first kappa shape index (κ1) is 119. The van der Waals surface area contributed by atoms with Gasteiger partial charge in [-0.15, -0.1) is 0 Å². The summed E-state index contributed by atoms with van der Waals surface area (Å²) < 4.78 is 142. The Morgan fingerprint density at radius 2 is 0.577 bits per heavy atom. The zero-order chi connectivity index (χ0) is 101. The van der Waals surface area contributed by atoms with E-state index in [-0.39, 0.29) is 203 Å². The predicted octanol–water partition coefficient (Wildman–Crippen LogP) is -1.39. The zero-order valence-electron chi connectivity index (χ0n) is 79.9. The van der Waals surface area contributed by atoms with Gasteiger partial charge in [0.25, 0.3) is 0 Å². The van der Waals surface area contributed by atoms with Crippen LogP contribution in [-0.2, 0) is 207 Å². The lowest BCUT2D eigenvalue weighted by atomic mass is 9.96. The summed E-state index contributed by atoms with van der Waals surface area (Å²) in [5.74, 6) is -10.5. The molecule has 0 bridgehead atoms. The van der Waals surface area contributed by atoms with Gasteiger partial charge in [0, 0.05) is 135 Å². The number of ether oxygens (including phenoxy) is 25. The molecule has 49 heteroatoms. The van der Waals surface area contributed by atoms with Gasteiger partial charge in [-0.1, -0.05) is 43.2 Å². The van der Waals surface area contributed by atoms with Crippen molar-refractivity contribution in [3.8, 4) is 0 Å². The molecular formula is C88H137N7O42. The number of esters is 10. The lowest BCUT2D eigenvalue weighted by Crippen LogP contribution is -2.66.